The van der Waals surface area contributed by atoms with Crippen LogP contribution in [-0.2, 0) is 29.0 Å². The normalized spacial score (nSPS) is 13.0. The van der Waals surface area contributed by atoms with E-state index in [2.05, 4.69) is 12.2 Å². The predicted octanol–water partition coefficient (Wildman–Crippen LogP) is 5.09. The summed E-state index contributed by atoms with van der Waals surface area (Å²) in [4.78, 5) is 28.8. The molecule has 0 spiro atoms. The number of carbonyl (C=O) groups is 2. The number of nitrogens with one attached hydrogen (secondary N) is 1. The van der Waals surface area contributed by atoms with Crippen molar-refractivity contribution >= 4 is 11.8 Å². The van der Waals surface area contributed by atoms with E-state index in [0.29, 0.717) is 44.1 Å². The molecule has 7 heteroatoms. The highest BCUT2D eigenvalue weighted by molar-refractivity contribution is 5.88. The first-order chi connectivity index (χ1) is 18.5. The zero-order valence-corrected chi connectivity index (χ0v) is 21.8. The molecular formula is C31H35FN2O4. The van der Waals surface area contributed by atoms with Gasteiger partial charge < -0.3 is 19.7 Å². The maximum atomic E-state index is 13.8. The van der Waals surface area contributed by atoms with Crippen LogP contribution in [-0.4, -0.2) is 42.5 Å². The van der Waals surface area contributed by atoms with Crippen LogP contribution in [0.2, 0.25) is 0 Å². The van der Waals surface area contributed by atoms with E-state index in [0.717, 1.165) is 29.5 Å². The number of nitrogens with zero attached hydrogens (tertiary/aromatic N) is 1. The maximum Gasteiger partial charge on any atom is 0.243 e. The Kier molecular flexibility index (Phi) is 9.73. The minimum absolute atomic E-state index is 0.143. The molecule has 0 aliphatic carbocycles. The number of fused-ring (bicyclic) bond motifs is 1. The highest BCUT2D eigenvalue weighted by Gasteiger charge is 2.30. The fraction of sp³-hybridized carbons (Fsp3) is 0.355. The first kappa shape index (κ1) is 27.2. The van der Waals surface area contributed by atoms with Crippen LogP contribution in [0.1, 0.15) is 42.9 Å². The van der Waals surface area contributed by atoms with Crippen LogP contribution in [0.3, 0.4) is 0 Å². The number of unbranched alkanes of at least 4 members (excludes halogenated alkanes) is 1. The van der Waals surface area contributed by atoms with Gasteiger partial charge in [0.25, 0.3) is 0 Å². The van der Waals surface area contributed by atoms with E-state index in [1.54, 1.807) is 17.0 Å². The number of aryl methyl sites for hydroxylation is 1. The molecule has 3 aromatic rings. The van der Waals surface area contributed by atoms with Crippen LogP contribution in [0.5, 0.6) is 11.5 Å². The second kappa shape index (κ2) is 13.6. The van der Waals surface area contributed by atoms with E-state index >= 15 is 0 Å². The Balaban J connectivity index is 1.57. The molecule has 2 amide bonds. The van der Waals surface area contributed by atoms with Gasteiger partial charge in [0.1, 0.15) is 25.1 Å². The molecule has 1 aliphatic rings. The van der Waals surface area contributed by atoms with Crippen molar-refractivity contribution in [2.24, 2.45) is 0 Å². The van der Waals surface area contributed by atoms with Crippen LogP contribution in [0.15, 0.2) is 72.8 Å². The molecule has 1 heterocycles. The lowest BCUT2D eigenvalue weighted by Crippen LogP contribution is -2.50. The summed E-state index contributed by atoms with van der Waals surface area (Å²) in [5, 5.41) is 3.02. The molecule has 38 heavy (non-hydrogen) atoms. The molecule has 1 atom stereocenters. The van der Waals surface area contributed by atoms with Crippen LogP contribution in [0, 0.1) is 5.82 Å². The van der Waals surface area contributed by atoms with Crippen molar-refractivity contribution in [3.63, 3.8) is 0 Å². The van der Waals surface area contributed by atoms with Crippen molar-refractivity contribution in [3.8, 4) is 11.5 Å². The van der Waals surface area contributed by atoms with Gasteiger partial charge in [0.05, 0.1) is 0 Å². The zero-order chi connectivity index (χ0) is 26.7. The molecular weight excluding hydrogens is 483 g/mol. The fourth-order valence-corrected chi connectivity index (χ4v) is 4.48. The smallest absolute Gasteiger partial charge is 0.243 e. The average molecular weight is 519 g/mol. The third-order valence-electron chi connectivity index (χ3n) is 6.60. The Morgan fingerprint density at radius 1 is 0.921 bits per heavy atom. The summed E-state index contributed by atoms with van der Waals surface area (Å²) < 4.78 is 24.9. The lowest BCUT2D eigenvalue weighted by Gasteiger charge is -2.32. The lowest BCUT2D eigenvalue weighted by molar-refractivity contribution is -0.141. The number of carbonyl (C=O) groups excluding carboxylic acids is 2. The topological polar surface area (TPSA) is 67.9 Å². The first-order valence-electron chi connectivity index (χ1n) is 13.3. The van der Waals surface area contributed by atoms with Crippen molar-refractivity contribution in [1.82, 2.24) is 10.2 Å². The Labute approximate surface area is 223 Å². The third-order valence-corrected chi connectivity index (χ3v) is 6.60. The van der Waals surface area contributed by atoms with Gasteiger partial charge in [-0.25, -0.2) is 4.39 Å². The molecule has 4 rings (SSSR count). The van der Waals surface area contributed by atoms with E-state index in [9.17, 15) is 14.0 Å². The predicted molar refractivity (Wildman–Crippen MR) is 145 cm³/mol. The van der Waals surface area contributed by atoms with Crippen molar-refractivity contribution in [1.29, 1.82) is 0 Å². The first-order valence-corrected chi connectivity index (χ1v) is 13.3. The highest BCUT2D eigenvalue weighted by Crippen LogP contribution is 2.31. The molecule has 1 aliphatic heterocycles. The van der Waals surface area contributed by atoms with E-state index in [-0.39, 0.29) is 30.6 Å². The van der Waals surface area contributed by atoms with Crippen LogP contribution >= 0.6 is 0 Å². The van der Waals surface area contributed by atoms with Crippen LogP contribution in [0.25, 0.3) is 0 Å². The summed E-state index contributed by atoms with van der Waals surface area (Å²) in [7, 11) is 0. The monoisotopic (exact) mass is 518 g/mol. The van der Waals surface area contributed by atoms with Gasteiger partial charge in [0.2, 0.25) is 11.8 Å². The number of amides is 2. The van der Waals surface area contributed by atoms with Crippen molar-refractivity contribution in [3.05, 3.63) is 95.3 Å². The summed E-state index contributed by atoms with van der Waals surface area (Å²) in [5.41, 5.74) is 2.68. The Hall–Kier alpha value is -3.87. The molecule has 0 fully saturated rings. The van der Waals surface area contributed by atoms with Crippen molar-refractivity contribution < 1.29 is 23.5 Å². The summed E-state index contributed by atoms with van der Waals surface area (Å²) in [6, 6.07) is 20.8. The fourth-order valence-electron chi connectivity index (χ4n) is 4.48. The molecule has 1 N–H and O–H groups in total. The van der Waals surface area contributed by atoms with Gasteiger partial charge in [-0.15, -0.1) is 0 Å². The molecule has 0 radical (unpaired) electrons. The summed E-state index contributed by atoms with van der Waals surface area (Å²) in [6.07, 6.45) is 2.91. The summed E-state index contributed by atoms with van der Waals surface area (Å²) >= 11 is 0. The Morgan fingerprint density at radius 2 is 1.63 bits per heavy atom. The van der Waals surface area contributed by atoms with Gasteiger partial charge in [0.15, 0.2) is 11.5 Å². The van der Waals surface area contributed by atoms with Gasteiger partial charge >= 0.3 is 0 Å². The number of benzene rings is 3. The molecule has 0 bridgehead atoms. The van der Waals surface area contributed by atoms with Gasteiger partial charge in [-0.3, -0.25) is 9.59 Å². The van der Waals surface area contributed by atoms with Gasteiger partial charge in [-0.2, -0.15) is 0 Å². The van der Waals surface area contributed by atoms with Crippen LogP contribution < -0.4 is 14.8 Å². The number of rotatable bonds is 12. The maximum absolute atomic E-state index is 13.8. The zero-order valence-electron chi connectivity index (χ0n) is 21.8. The molecule has 0 unspecified atom stereocenters. The standard InChI is InChI=1S/C31H35FN2O4/c1-2-3-17-33-31(36)27(20-23-7-5-4-6-8-23)34(22-25-9-13-26(32)14-10-25)30(35)16-12-24-11-15-28-29(21-24)38-19-18-37-28/h4-11,13-15,21,27H,2-3,12,16-20,22H2,1H3,(H,33,36)/t27-/m1/s1. The van der Waals surface area contributed by atoms with E-state index in [1.807, 2.05) is 48.5 Å². The lowest BCUT2D eigenvalue weighted by atomic mass is 10.0. The third kappa shape index (κ3) is 7.57. The average Bonchev–Trinajstić information content (AvgIpc) is 2.95. The molecule has 0 saturated carbocycles. The Bertz CT molecular complexity index is 1200. The quantitative estimate of drug-likeness (QED) is 0.340. The second-order valence-electron chi connectivity index (χ2n) is 9.48. The molecule has 6 nitrogen and oxygen atoms in total. The van der Waals surface area contributed by atoms with E-state index < -0.39 is 6.04 Å². The summed E-state index contributed by atoms with van der Waals surface area (Å²) in [5.74, 6) is 0.717. The van der Waals surface area contributed by atoms with Crippen LogP contribution in [0.4, 0.5) is 4.39 Å². The molecule has 0 saturated heterocycles. The summed E-state index contributed by atoms with van der Waals surface area (Å²) in [6.45, 7) is 3.84. The van der Waals surface area contributed by atoms with E-state index in [1.165, 1.54) is 12.1 Å². The number of halogens is 1. The minimum Gasteiger partial charge on any atom is -0.486 e. The second-order valence-corrected chi connectivity index (χ2v) is 9.48. The number of hydrogen-bond acceptors (Lipinski definition) is 4. The largest absolute Gasteiger partial charge is 0.486 e. The van der Waals surface area contributed by atoms with Gasteiger partial charge in [-0.05, 0) is 53.8 Å². The molecule has 3 aromatic carbocycles. The highest BCUT2D eigenvalue weighted by atomic mass is 19.1. The van der Waals surface area contributed by atoms with Crippen molar-refractivity contribution in [2.75, 3.05) is 19.8 Å². The SMILES string of the molecule is CCCCNC(=O)[C@@H](Cc1ccccc1)N(Cc1ccc(F)cc1)C(=O)CCc1ccc2c(c1)OCCO2. The molecule has 0 aromatic heterocycles. The Morgan fingerprint density at radius 3 is 2.37 bits per heavy atom. The van der Waals surface area contributed by atoms with Gasteiger partial charge in [-0.1, -0.05) is 61.9 Å². The van der Waals surface area contributed by atoms with Gasteiger partial charge in [0, 0.05) is 25.9 Å². The van der Waals surface area contributed by atoms with E-state index in [4.69, 9.17) is 9.47 Å². The molecule has 200 valence electrons. The van der Waals surface area contributed by atoms with Crippen molar-refractivity contribution in [2.45, 2.75) is 51.6 Å². The number of hydrogen-bond donors (Lipinski definition) is 1. The minimum atomic E-state index is -0.702. The number of ether oxygens (including phenoxy) is 2.